The van der Waals surface area contributed by atoms with Crippen LogP contribution in [0.15, 0.2) is 12.3 Å². The Labute approximate surface area is 119 Å². The Morgan fingerprint density at radius 3 is 2.58 bits per heavy atom. The molecule has 110 valence electrons. The maximum absolute atomic E-state index is 5.88. The number of rotatable bonds is 9. The summed E-state index contributed by atoms with van der Waals surface area (Å²) < 4.78 is 5.88. The molecule has 0 aromatic carbocycles. The first-order chi connectivity index (χ1) is 9.16. The molecule has 3 atom stereocenters. The number of unbranched alkanes of at least 4 members (excludes halogenated alkanes) is 3. The van der Waals surface area contributed by atoms with Gasteiger partial charge in [0, 0.05) is 5.92 Å². The summed E-state index contributed by atoms with van der Waals surface area (Å²) in [5.41, 5.74) is 0. The first-order valence-corrected chi connectivity index (χ1v) is 8.48. The molecule has 3 unspecified atom stereocenters. The number of hydrogen-bond donors (Lipinski definition) is 0. The molecule has 0 saturated heterocycles. The van der Waals surface area contributed by atoms with Gasteiger partial charge in [0.2, 0.25) is 0 Å². The summed E-state index contributed by atoms with van der Waals surface area (Å²) in [4.78, 5) is 0. The van der Waals surface area contributed by atoms with Crippen LogP contribution in [0.25, 0.3) is 0 Å². The van der Waals surface area contributed by atoms with Crippen molar-refractivity contribution in [2.24, 2.45) is 23.7 Å². The van der Waals surface area contributed by atoms with Crippen molar-refractivity contribution in [1.82, 2.24) is 0 Å². The van der Waals surface area contributed by atoms with Gasteiger partial charge in [0.25, 0.3) is 0 Å². The zero-order chi connectivity index (χ0) is 13.7. The second kappa shape index (κ2) is 7.36. The lowest BCUT2D eigenvalue weighted by molar-refractivity contribution is 0.155. The van der Waals surface area contributed by atoms with Gasteiger partial charge in [0.1, 0.15) is 0 Å². The maximum atomic E-state index is 5.88. The Morgan fingerprint density at radius 2 is 1.84 bits per heavy atom. The lowest BCUT2D eigenvalue weighted by Gasteiger charge is -2.23. The second-order valence-electron chi connectivity index (χ2n) is 7.18. The van der Waals surface area contributed by atoms with E-state index in [4.69, 9.17) is 4.74 Å². The normalized spacial score (nSPS) is 29.1. The number of hydrogen-bond acceptors (Lipinski definition) is 1. The maximum Gasteiger partial charge on any atom is 0.0919 e. The quantitative estimate of drug-likeness (QED) is 0.391. The molecule has 1 heteroatoms. The fourth-order valence-electron chi connectivity index (χ4n) is 3.47. The fourth-order valence-corrected chi connectivity index (χ4v) is 3.47. The van der Waals surface area contributed by atoms with E-state index in [0.29, 0.717) is 5.92 Å². The SMILES string of the molecule is C=C(OCCCCCCC(C)C)C1CCC2CC2C1. The van der Waals surface area contributed by atoms with Crippen LogP contribution in [-0.2, 0) is 4.74 Å². The molecule has 0 amide bonds. The predicted molar refractivity (Wildman–Crippen MR) is 82.0 cm³/mol. The molecule has 0 aliphatic heterocycles. The van der Waals surface area contributed by atoms with Gasteiger partial charge in [-0.25, -0.2) is 0 Å². The van der Waals surface area contributed by atoms with Gasteiger partial charge >= 0.3 is 0 Å². The van der Waals surface area contributed by atoms with Crippen molar-refractivity contribution in [3.05, 3.63) is 12.3 Å². The highest BCUT2D eigenvalue weighted by Gasteiger charge is 2.42. The smallest absolute Gasteiger partial charge is 0.0919 e. The van der Waals surface area contributed by atoms with Crippen LogP contribution in [0, 0.1) is 23.7 Å². The molecule has 0 spiro atoms. The summed E-state index contributed by atoms with van der Waals surface area (Å²) in [6, 6.07) is 0. The van der Waals surface area contributed by atoms with Crippen LogP contribution in [0.2, 0.25) is 0 Å². The molecule has 0 heterocycles. The molecule has 2 aliphatic carbocycles. The number of ether oxygens (including phenoxy) is 1. The molecular formula is C18H32O. The lowest BCUT2D eigenvalue weighted by Crippen LogP contribution is -2.13. The summed E-state index contributed by atoms with van der Waals surface area (Å²) in [5.74, 6) is 4.71. The van der Waals surface area contributed by atoms with Crippen LogP contribution in [0.5, 0.6) is 0 Å². The predicted octanol–water partition coefficient (Wildman–Crippen LogP) is 5.56. The molecule has 0 bridgehead atoms. The summed E-state index contributed by atoms with van der Waals surface area (Å²) in [6.45, 7) is 9.67. The fraction of sp³-hybridized carbons (Fsp3) is 0.889. The molecule has 0 N–H and O–H groups in total. The molecule has 0 aromatic rings. The standard InChI is InChI=1S/C18H32O/c1-14(2)8-6-4-5-7-11-19-15(3)16-9-10-17-13-18(17)12-16/h14,16-18H,3-13H2,1-2H3. The molecule has 2 fully saturated rings. The van der Waals surface area contributed by atoms with Crippen molar-refractivity contribution in [3.63, 3.8) is 0 Å². The Kier molecular flexibility index (Phi) is 5.78. The van der Waals surface area contributed by atoms with Gasteiger partial charge in [0.05, 0.1) is 12.4 Å². The third kappa shape index (κ3) is 5.20. The van der Waals surface area contributed by atoms with E-state index in [-0.39, 0.29) is 0 Å². The molecule has 0 aromatic heterocycles. The van der Waals surface area contributed by atoms with E-state index in [0.717, 1.165) is 30.1 Å². The largest absolute Gasteiger partial charge is 0.498 e. The molecule has 2 rings (SSSR count). The van der Waals surface area contributed by atoms with Gasteiger partial charge in [-0.05, 0) is 49.9 Å². The van der Waals surface area contributed by atoms with Gasteiger partial charge in [-0.15, -0.1) is 0 Å². The Bertz CT molecular complexity index is 281. The highest BCUT2D eigenvalue weighted by molar-refractivity contribution is 5.01. The molecule has 0 radical (unpaired) electrons. The number of fused-ring (bicyclic) bond motifs is 1. The highest BCUT2D eigenvalue weighted by Crippen LogP contribution is 2.52. The molecule has 19 heavy (non-hydrogen) atoms. The summed E-state index contributed by atoms with van der Waals surface area (Å²) in [6.07, 6.45) is 12.2. The summed E-state index contributed by atoms with van der Waals surface area (Å²) >= 11 is 0. The third-order valence-electron chi connectivity index (χ3n) is 4.96. The van der Waals surface area contributed by atoms with Crippen molar-refractivity contribution < 1.29 is 4.74 Å². The zero-order valence-electron chi connectivity index (χ0n) is 13.0. The van der Waals surface area contributed by atoms with Crippen molar-refractivity contribution in [2.45, 2.75) is 71.6 Å². The zero-order valence-corrected chi connectivity index (χ0v) is 13.0. The monoisotopic (exact) mass is 264 g/mol. The van der Waals surface area contributed by atoms with Crippen LogP contribution < -0.4 is 0 Å². The Morgan fingerprint density at radius 1 is 1.05 bits per heavy atom. The number of allylic oxidation sites excluding steroid dienone is 1. The minimum Gasteiger partial charge on any atom is -0.498 e. The molecule has 2 saturated carbocycles. The highest BCUT2D eigenvalue weighted by atomic mass is 16.5. The summed E-state index contributed by atoms with van der Waals surface area (Å²) in [5, 5.41) is 0. The van der Waals surface area contributed by atoms with Crippen LogP contribution >= 0.6 is 0 Å². The molecule has 1 nitrogen and oxygen atoms in total. The van der Waals surface area contributed by atoms with Crippen molar-refractivity contribution in [1.29, 1.82) is 0 Å². The van der Waals surface area contributed by atoms with Crippen molar-refractivity contribution in [3.8, 4) is 0 Å². The van der Waals surface area contributed by atoms with E-state index in [9.17, 15) is 0 Å². The minimum absolute atomic E-state index is 0.671. The van der Waals surface area contributed by atoms with Crippen LogP contribution in [-0.4, -0.2) is 6.61 Å². The third-order valence-corrected chi connectivity index (χ3v) is 4.96. The average molecular weight is 264 g/mol. The van der Waals surface area contributed by atoms with Gasteiger partial charge in [0.15, 0.2) is 0 Å². The Hall–Kier alpha value is -0.460. The van der Waals surface area contributed by atoms with Crippen LogP contribution in [0.1, 0.15) is 71.6 Å². The average Bonchev–Trinajstić information content (AvgIpc) is 3.15. The lowest BCUT2D eigenvalue weighted by atomic mass is 9.88. The van der Waals surface area contributed by atoms with Crippen molar-refractivity contribution in [2.75, 3.05) is 6.61 Å². The van der Waals surface area contributed by atoms with Gasteiger partial charge < -0.3 is 4.74 Å². The van der Waals surface area contributed by atoms with E-state index in [1.807, 2.05) is 0 Å². The van der Waals surface area contributed by atoms with Crippen LogP contribution in [0.3, 0.4) is 0 Å². The first kappa shape index (κ1) is 14.9. The van der Waals surface area contributed by atoms with Crippen LogP contribution in [0.4, 0.5) is 0 Å². The van der Waals surface area contributed by atoms with E-state index in [2.05, 4.69) is 20.4 Å². The van der Waals surface area contributed by atoms with Gasteiger partial charge in [-0.1, -0.05) is 46.1 Å². The van der Waals surface area contributed by atoms with Gasteiger partial charge in [-0.2, -0.15) is 0 Å². The van der Waals surface area contributed by atoms with E-state index in [1.54, 1.807) is 0 Å². The topological polar surface area (TPSA) is 9.23 Å². The molecule has 2 aliphatic rings. The van der Waals surface area contributed by atoms with E-state index >= 15 is 0 Å². The van der Waals surface area contributed by atoms with Gasteiger partial charge in [-0.3, -0.25) is 0 Å². The second-order valence-corrected chi connectivity index (χ2v) is 7.18. The molecular weight excluding hydrogens is 232 g/mol. The Balaban J connectivity index is 1.45. The van der Waals surface area contributed by atoms with Crippen molar-refractivity contribution >= 4 is 0 Å². The summed E-state index contributed by atoms with van der Waals surface area (Å²) in [7, 11) is 0. The van der Waals surface area contributed by atoms with E-state index < -0.39 is 0 Å². The first-order valence-electron chi connectivity index (χ1n) is 8.48. The minimum atomic E-state index is 0.671. The van der Waals surface area contributed by atoms with E-state index in [1.165, 1.54) is 57.8 Å².